The summed E-state index contributed by atoms with van der Waals surface area (Å²) in [5, 5.41) is 3.32. The van der Waals surface area contributed by atoms with E-state index < -0.39 is 0 Å². The van der Waals surface area contributed by atoms with Gasteiger partial charge in [-0.3, -0.25) is 0 Å². The van der Waals surface area contributed by atoms with Crippen LogP contribution in [0.15, 0.2) is 24.3 Å². The maximum atomic E-state index is 5.64. The third kappa shape index (κ3) is 2.82. The molecule has 1 N–H and O–H groups in total. The zero-order valence-electron chi connectivity index (χ0n) is 8.70. The Morgan fingerprint density at radius 1 is 1.53 bits per heavy atom. The summed E-state index contributed by atoms with van der Waals surface area (Å²) in [4.78, 5) is 0. The second kappa shape index (κ2) is 4.97. The molecule has 0 radical (unpaired) electrons. The molecule has 15 heavy (non-hydrogen) atoms. The second-order valence-electron chi connectivity index (χ2n) is 3.75. The molecular weight excluding hydrogens is 186 g/mol. The molecule has 1 heterocycles. The summed E-state index contributed by atoms with van der Waals surface area (Å²) >= 11 is 0. The Bertz CT molecular complexity index is 361. The third-order valence-corrected chi connectivity index (χ3v) is 2.56. The summed E-state index contributed by atoms with van der Waals surface area (Å²) < 4.78 is 5.64. The van der Waals surface area contributed by atoms with Crippen molar-refractivity contribution in [2.24, 2.45) is 0 Å². The Hall–Kier alpha value is -1.30. The number of rotatable bonds is 2. The topological polar surface area (TPSA) is 21.3 Å². The van der Waals surface area contributed by atoms with Crippen molar-refractivity contribution in [2.45, 2.75) is 12.5 Å². The highest BCUT2D eigenvalue weighted by Gasteiger charge is 2.13. The molecule has 1 unspecified atom stereocenters. The van der Waals surface area contributed by atoms with Crippen LogP contribution in [0.25, 0.3) is 0 Å². The van der Waals surface area contributed by atoms with Crippen LogP contribution in [-0.4, -0.2) is 25.8 Å². The molecule has 1 saturated heterocycles. The van der Waals surface area contributed by atoms with Crippen LogP contribution in [0.4, 0.5) is 0 Å². The van der Waals surface area contributed by atoms with Gasteiger partial charge in [0.1, 0.15) is 0 Å². The zero-order chi connectivity index (χ0) is 10.5. The lowest BCUT2D eigenvalue weighted by Crippen LogP contribution is -2.39. The van der Waals surface area contributed by atoms with Gasteiger partial charge in [-0.25, -0.2) is 0 Å². The quantitative estimate of drug-likeness (QED) is 0.726. The average Bonchev–Trinajstić information content (AvgIpc) is 2.31. The van der Waals surface area contributed by atoms with Gasteiger partial charge in [0, 0.05) is 18.7 Å². The van der Waals surface area contributed by atoms with E-state index in [0.717, 1.165) is 31.7 Å². The van der Waals surface area contributed by atoms with E-state index in [-0.39, 0.29) is 6.10 Å². The predicted octanol–water partition coefficient (Wildman–Crippen LogP) is 1.20. The summed E-state index contributed by atoms with van der Waals surface area (Å²) in [6.07, 6.45) is 6.58. The van der Waals surface area contributed by atoms with Crippen molar-refractivity contribution in [1.82, 2.24) is 5.32 Å². The van der Waals surface area contributed by atoms with Crippen LogP contribution in [0, 0.1) is 12.3 Å². The van der Waals surface area contributed by atoms with Gasteiger partial charge >= 0.3 is 0 Å². The van der Waals surface area contributed by atoms with Crippen molar-refractivity contribution < 1.29 is 4.74 Å². The van der Waals surface area contributed by atoms with Crippen molar-refractivity contribution in [3.05, 3.63) is 35.4 Å². The van der Waals surface area contributed by atoms with Crippen LogP contribution in [0.5, 0.6) is 0 Å². The summed E-state index contributed by atoms with van der Waals surface area (Å²) in [6, 6.07) is 8.10. The Morgan fingerprint density at radius 3 is 3.20 bits per heavy atom. The highest BCUT2D eigenvalue weighted by Crippen LogP contribution is 2.09. The first kappa shape index (κ1) is 10.2. The minimum absolute atomic E-state index is 0.284. The summed E-state index contributed by atoms with van der Waals surface area (Å²) in [6.45, 7) is 2.70. The van der Waals surface area contributed by atoms with E-state index in [0.29, 0.717) is 0 Å². The van der Waals surface area contributed by atoms with E-state index in [1.165, 1.54) is 5.56 Å². The number of morpholine rings is 1. The molecule has 1 aromatic rings. The largest absolute Gasteiger partial charge is 0.375 e. The number of nitrogens with one attached hydrogen (secondary N) is 1. The van der Waals surface area contributed by atoms with Crippen LogP contribution >= 0.6 is 0 Å². The minimum atomic E-state index is 0.284. The maximum Gasteiger partial charge on any atom is 0.0740 e. The summed E-state index contributed by atoms with van der Waals surface area (Å²) in [5.74, 6) is 2.65. The molecule has 78 valence electrons. The minimum Gasteiger partial charge on any atom is -0.375 e. The Kier molecular flexibility index (Phi) is 3.39. The second-order valence-corrected chi connectivity index (χ2v) is 3.75. The molecule has 0 spiro atoms. The van der Waals surface area contributed by atoms with E-state index >= 15 is 0 Å². The number of benzene rings is 1. The van der Waals surface area contributed by atoms with Crippen molar-refractivity contribution in [3.63, 3.8) is 0 Å². The Labute approximate surface area is 90.6 Å². The number of ether oxygens (including phenoxy) is 1. The summed E-state index contributed by atoms with van der Waals surface area (Å²) in [5.41, 5.74) is 2.19. The molecule has 0 aromatic heterocycles. The van der Waals surface area contributed by atoms with E-state index in [9.17, 15) is 0 Å². The molecule has 2 rings (SSSR count). The number of hydrogen-bond acceptors (Lipinski definition) is 2. The van der Waals surface area contributed by atoms with Crippen LogP contribution in [0.1, 0.15) is 11.1 Å². The highest BCUT2D eigenvalue weighted by molar-refractivity contribution is 5.35. The molecule has 1 fully saturated rings. The molecular formula is C13H15NO. The molecule has 2 heteroatoms. The van der Waals surface area contributed by atoms with Crippen LogP contribution < -0.4 is 5.32 Å². The average molecular weight is 201 g/mol. The first-order chi connectivity index (χ1) is 7.38. The Balaban J connectivity index is 2.00. The molecule has 2 nitrogen and oxygen atoms in total. The summed E-state index contributed by atoms with van der Waals surface area (Å²) in [7, 11) is 0. The van der Waals surface area contributed by atoms with E-state index in [1.807, 2.05) is 12.1 Å². The van der Waals surface area contributed by atoms with Gasteiger partial charge in [-0.1, -0.05) is 18.1 Å². The van der Waals surface area contributed by atoms with Crippen LogP contribution in [0.2, 0.25) is 0 Å². The van der Waals surface area contributed by atoms with Gasteiger partial charge in [0.15, 0.2) is 0 Å². The lowest BCUT2D eigenvalue weighted by molar-refractivity contribution is 0.0292. The van der Waals surface area contributed by atoms with Crippen molar-refractivity contribution in [1.29, 1.82) is 0 Å². The first-order valence-electron chi connectivity index (χ1n) is 5.26. The van der Waals surface area contributed by atoms with Gasteiger partial charge in [0.05, 0.1) is 12.7 Å². The number of terminal acetylenes is 1. The first-order valence-corrected chi connectivity index (χ1v) is 5.26. The molecule has 0 amide bonds. The van der Waals surface area contributed by atoms with E-state index in [2.05, 4.69) is 23.4 Å². The van der Waals surface area contributed by atoms with Crippen molar-refractivity contribution >= 4 is 0 Å². The third-order valence-electron chi connectivity index (χ3n) is 2.56. The van der Waals surface area contributed by atoms with Gasteiger partial charge in [-0.15, -0.1) is 6.42 Å². The fourth-order valence-electron chi connectivity index (χ4n) is 1.80. The standard InChI is InChI=1S/C13H15NO/c1-2-11-4-3-5-12(8-11)9-13-10-14-6-7-15-13/h1,3-5,8,13-14H,6-7,9-10H2. The van der Waals surface area contributed by atoms with Crippen molar-refractivity contribution in [3.8, 4) is 12.3 Å². The maximum absolute atomic E-state index is 5.64. The molecule has 1 aliphatic rings. The molecule has 0 saturated carbocycles. The van der Waals surface area contributed by atoms with Gasteiger partial charge in [-0.05, 0) is 24.1 Å². The lowest BCUT2D eigenvalue weighted by Gasteiger charge is -2.23. The molecule has 1 atom stereocenters. The van der Waals surface area contributed by atoms with E-state index in [1.54, 1.807) is 0 Å². The lowest BCUT2D eigenvalue weighted by atomic mass is 10.0. The fourth-order valence-corrected chi connectivity index (χ4v) is 1.80. The van der Waals surface area contributed by atoms with Crippen molar-refractivity contribution in [2.75, 3.05) is 19.7 Å². The highest BCUT2D eigenvalue weighted by atomic mass is 16.5. The molecule has 1 aliphatic heterocycles. The predicted molar refractivity (Wildman–Crippen MR) is 60.7 cm³/mol. The molecule has 1 aromatic carbocycles. The normalized spacial score (nSPS) is 20.9. The fraction of sp³-hybridized carbons (Fsp3) is 0.385. The Morgan fingerprint density at radius 2 is 2.47 bits per heavy atom. The molecule has 0 bridgehead atoms. The van der Waals surface area contributed by atoms with E-state index in [4.69, 9.17) is 11.2 Å². The van der Waals surface area contributed by atoms with Crippen LogP contribution in [0.3, 0.4) is 0 Å². The number of hydrogen-bond donors (Lipinski definition) is 1. The van der Waals surface area contributed by atoms with Gasteiger partial charge in [0.2, 0.25) is 0 Å². The molecule has 0 aliphatic carbocycles. The van der Waals surface area contributed by atoms with Crippen LogP contribution in [-0.2, 0) is 11.2 Å². The zero-order valence-corrected chi connectivity index (χ0v) is 8.70. The van der Waals surface area contributed by atoms with Gasteiger partial charge < -0.3 is 10.1 Å². The monoisotopic (exact) mass is 201 g/mol. The van der Waals surface area contributed by atoms with Gasteiger partial charge in [-0.2, -0.15) is 0 Å². The smallest absolute Gasteiger partial charge is 0.0740 e. The SMILES string of the molecule is C#Cc1cccc(CC2CNCCO2)c1. The van der Waals surface area contributed by atoms with Gasteiger partial charge in [0.25, 0.3) is 0 Å².